The highest BCUT2D eigenvalue weighted by Crippen LogP contribution is 2.23. The van der Waals surface area contributed by atoms with Crippen LogP contribution in [-0.4, -0.2) is 25.6 Å². The van der Waals surface area contributed by atoms with E-state index >= 15 is 0 Å². The van der Waals surface area contributed by atoms with Gasteiger partial charge in [0.05, 0.1) is 7.11 Å². The van der Waals surface area contributed by atoms with Crippen molar-refractivity contribution in [2.45, 2.75) is 13.5 Å². The van der Waals surface area contributed by atoms with Gasteiger partial charge in [-0.05, 0) is 61.0 Å². The normalized spacial score (nSPS) is 10.4. The summed E-state index contributed by atoms with van der Waals surface area (Å²) in [6.45, 7) is 1.84. The van der Waals surface area contributed by atoms with Gasteiger partial charge in [0, 0.05) is 10.2 Å². The third kappa shape index (κ3) is 5.87. The molecule has 7 nitrogen and oxygen atoms in total. The second-order valence-corrected chi connectivity index (χ2v) is 7.22. The first-order valence-electron chi connectivity index (χ1n) is 9.03. The van der Waals surface area contributed by atoms with Gasteiger partial charge in [0.1, 0.15) is 23.9 Å². The molecule has 8 heteroatoms. The predicted molar refractivity (Wildman–Crippen MR) is 114 cm³/mol. The number of esters is 1. The number of carbonyl (C=O) groups excluding carboxylic acids is 2. The lowest BCUT2D eigenvalue weighted by Gasteiger charge is -2.10. The Labute approximate surface area is 182 Å². The largest absolute Gasteiger partial charge is 0.486 e. The molecule has 1 amide bonds. The number of nitrogens with one attached hydrogen (secondary N) is 1. The highest BCUT2D eigenvalue weighted by atomic mass is 79.9. The highest BCUT2D eigenvalue weighted by Gasteiger charge is 2.14. The summed E-state index contributed by atoms with van der Waals surface area (Å²) in [5.41, 5.74) is 1.38. The lowest BCUT2D eigenvalue weighted by Crippen LogP contribution is -2.13. The molecule has 0 bridgehead atoms. The molecule has 0 saturated carbocycles. The number of benzene rings is 2. The Morgan fingerprint density at radius 1 is 1.03 bits per heavy atom. The Morgan fingerprint density at radius 2 is 1.83 bits per heavy atom. The maximum atomic E-state index is 12.5. The first-order chi connectivity index (χ1) is 14.4. The fraction of sp³-hybridized carbons (Fsp3) is 0.182. The minimum Gasteiger partial charge on any atom is -0.486 e. The van der Waals surface area contributed by atoms with Gasteiger partial charge in [-0.1, -0.05) is 22.0 Å². The molecule has 0 unspecified atom stereocenters. The number of anilines is 1. The molecule has 156 valence electrons. The molecule has 0 aliphatic rings. The van der Waals surface area contributed by atoms with Crippen LogP contribution in [0, 0.1) is 6.92 Å². The van der Waals surface area contributed by atoms with Crippen LogP contribution in [0.15, 0.2) is 63.5 Å². The summed E-state index contributed by atoms with van der Waals surface area (Å²) in [5, 5.41) is 2.80. The molecule has 0 aliphatic heterocycles. The summed E-state index contributed by atoms with van der Waals surface area (Å²) in [4.78, 5) is 23.7. The van der Waals surface area contributed by atoms with Crippen molar-refractivity contribution >= 4 is 33.5 Å². The van der Waals surface area contributed by atoms with Gasteiger partial charge in [0.2, 0.25) is 0 Å². The van der Waals surface area contributed by atoms with E-state index < -0.39 is 5.97 Å². The number of hydrogen-bond acceptors (Lipinski definition) is 6. The molecule has 0 aliphatic carbocycles. The van der Waals surface area contributed by atoms with E-state index in [-0.39, 0.29) is 24.9 Å². The summed E-state index contributed by atoms with van der Waals surface area (Å²) >= 11 is 3.39. The Balaban J connectivity index is 1.57. The van der Waals surface area contributed by atoms with Crippen LogP contribution in [-0.2, 0) is 16.1 Å². The Morgan fingerprint density at radius 3 is 2.57 bits per heavy atom. The molecule has 3 aromatic rings. The fourth-order valence-corrected chi connectivity index (χ4v) is 2.92. The van der Waals surface area contributed by atoms with Crippen molar-refractivity contribution in [3.05, 3.63) is 76.2 Å². The first-order valence-corrected chi connectivity index (χ1v) is 9.82. The summed E-state index contributed by atoms with van der Waals surface area (Å²) in [5.74, 6) is 1.05. The first kappa shape index (κ1) is 21.4. The molecule has 1 aromatic heterocycles. The molecule has 0 spiro atoms. The van der Waals surface area contributed by atoms with E-state index in [9.17, 15) is 9.59 Å². The van der Waals surface area contributed by atoms with Crippen molar-refractivity contribution in [1.82, 2.24) is 0 Å². The van der Waals surface area contributed by atoms with E-state index in [1.165, 1.54) is 7.11 Å². The monoisotopic (exact) mass is 473 g/mol. The van der Waals surface area contributed by atoms with E-state index in [4.69, 9.17) is 13.9 Å². The molecule has 1 heterocycles. The fourth-order valence-electron chi connectivity index (χ4n) is 2.54. The van der Waals surface area contributed by atoms with Gasteiger partial charge in [0.25, 0.3) is 5.91 Å². The van der Waals surface area contributed by atoms with Gasteiger partial charge in [-0.2, -0.15) is 0 Å². The molecule has 3 rings (SSSR count). The summed E-state index contributed by atoms with van der Waals surface area (Å²) in [6, 6.07) is 15.8. The molecule has 2 aromatic carbocycles. The average Bonchev–Trinajstić information content (AvgIpc) is 3.21. The topological polar surface area (TPSA) is 87.0 Å². The number of ether oxygens (including phenoxy) is 3. The summed E-state index contributed by atoms with van der Waals surface area (Å²) < 4.78 is 22.0. The van der Waals surface area contributed by atoms with Crippen molar-refractivity contribution in [2.75, 3.05) is 19.0 Å². The minimum absolute atomic E-state index is 0.174. The van der Waals surface area contributed by atoms with Crippen molar-refractivity contribution in [3.63, 3.8) is 0 Å². The maximum absolute atomic E-state index is 12.5. The SMILES string of the molecule is COC(=O)COc1ccc(NC(=O)c2ccc(COc3cccc(Br)c3)o2)c(C)c1. The van der Waals surface area contributed by atoms with Crippen LogP contribution in [0.5, 0.6) is 11.5 Å². The second kappa shape index (κ2) is 9.98. The van der Waals surface area contributed by atoms with Crippen LogP contribution in [0.2, 0.25) is 0 Å². The zero-order chi connectivity index (χ0) is 21.5. The number of rotatable bonds is 8. The van der Waals surface area contributed by atoms with Gasteiger partial charge in [0.15, 0.2) is 12.4 Å². The lowest BCUT2D eigenvalue weighted by atomic mass is 10.2. The summed E-state index contributed by atoms with van der Waals surface area (Å²) in [6.07, 6.45) is 0. The van der Waals surface area contributed by atoms with Gasteiger partial charge in [-0.25, -0.2) is 4.79 Å². The number of carbonyl (C=O) groups is 2. The van der Waals surface area contributed by atoms with Crippen LogP contribution in [0.1, 0.15) is 21.9 Å². The number of amides is 1. The zero-order valence-electron chi connectivity index (χ0n) is 16.4. The summed E-state index contributed by atoms with van der Waals surface area (Å²) in [7, 11) is 1.29. The highest BCUT2D eigenvalue weighted by molar-refractivity contribution is 9.10. The van der Waals surface area contributed by atoms with Crippen LogP contribution >= 0.6 is 15.9 Å². The van der Waals surface area contributed by atoms with Crippen LogP contribution in [0.25, 0.3) is 0 Å². The van der Waals surface area contributed by atoms with Crippen molar-refractivity contribution in [2.24, 2.45) is 0 Å². The minimum atomic E-state index is -0.470. The second-order valence-electron chi connectivity index (χ2n) is 6.31. The Bertz CT molecular complexity index is 1050. The number of halogens is 1. The van der Waals surface area contributed by atoms with Crippen molar-refractivity contribution < 1.29 is 28.2 Å². The molecule has 0 fully saturated rings. The van der Waals surface area contributed by atoms with Gasteiger partial charge in [-0.15, -0.1) is 0 Å². The van der Waals surface area contributed by atoms with E-state index in [0.717, 1.165) is 10.0 Å². The van der Waals surface area contributed by atoms with E-state index in [2.05, 4.69) is 26.0 Å². The maximum Gasteiger partial charge on any atom is 0.343 e. The van der Waals surface area contributed by atoms with Gasteiger partial charge >= 0.3 is 5.97 Å². The molecule has 1 N–H and O–H groups in total. The van der Waals surface area contributed by atoms with Crippen LogP contribution in [0.4, 0.5) is 5.69 Å². The third-order valence-corrected chi connectivity index (χ3v) is 4.59. The van der Waals surface area contributed by atoms with Crippen LogP contribution < -0.4 is 14.8 Å². The number of methoxy groups -OCH3 is 1. The molecule has 0 atom stereocenters. The zero-order valence-corrected chi connectivity index (χ0v) is 18.0. The Kier molecular flexibility index (Phi) is 7.13. The third-order valence-electron chi connectivity index (χ3n) is 4.09. The van der Waals surface area contributed by atoms with E-state index in [1.54, 1.807) is 30.3 Å². The molecular weight excluding hydrogens is 454 g/mol. The molecule has 0 radical (unpaired) electrons. The van der Waals surface area contributed by atoms with Crippen molar-refractivity contribution in [3.8, 4) is 11.5 Å². The molecular formula is C22H20BrNO6. The Hall–Kier alpha value is -3.26. The number of hydrogen-bond donors (Lipinski definition) is 1. The van der Waals surface area contributed by atoms with Gasteiger partial charge < -0.3 is 23.9 Å². The predicted octanol–water partition coefficient (Wildman–Crippen LogP) is 4.73. The average molecular weight is 474 g/mol. The smallest absolute Gasteiger partial charge is 0.343 e. The van der Waals surface area contributed by atoms with Crippen molar-refractivity contribution in [1.29, 1.82) is 0 Å². The van der Waals surface area contributed by atoms with Crippen LogP contribution in [0.3, 0.4) is 0 Å². The van der Waals surface area contributed by atoms with E-state index in [0.29, 0.717) is 22.9 Å². The van der Waals surface area contributed by atoms with Gasteiger partial charge in [-0.3, -0.25) is 4.79 Å². The molecule has 0 saturated heterocycles. The standard InChI is InChI=1S/C22H20BrNO6/c1-14-10-17(29-13-21(25)27-2)6-8-19(14)24-22(26)20-9-7-18(30-20)12-28-16-5-3-4-15(23)11-16/h3-11H,12-13H2,1-2H3,(H,24,26). The number of furan rings is 1. The lowest BCUT2D eigenvalue weighted by molar-refractivity contribution is -0.142. The van der Waals surface area contributed by atoms with E-state index in [1.807, 2.05) is 31.2 Å². The molecule has 30 heavy (non-hydrogen) atoms. The number of aryl methyl sites for hydroxylation is 1. The quantitative estimate of drug-likeness (QED) is 0.475.